The molecule has 2 unspecified atom stereocenters. The number of halogens is 4. The number of fused-ring (bicyclic) bond motifs is 1. The van der Waals surface area contributed by atoms with Gasteiger partial charge < -0.3 is 34.0 Å². The first-order valence-corrected chi connectivity index (χ1v) is 20.0. The van der Waals surface area contributed by atoms with Crippen LogP contribution in [0.3, 0.4) is 0 Å². The second-order valence-electron chi connectivity index (χ2n) is 15.3. The van der Waals surface area contributed by atoms with E-state index in [0.29, 0.717) is 34.1 Å². The van der Waals surface area contributed by atoms with Crippen molar-refractivity contribution in [1.82, 2.24) is 9.55 Å². The van der Waals surface area contributed by atoms with Gasteiger partial charge in [-0.25, -0.2) is 18.2 Å². The number of nitrogens with zero attached hydrogens (tertiary/aromatic N) is 4. The molecule has 3 fully saturated rings. The number of benzene rings is 4. The average Bonchev–Trinajstić information content (AvgIpc) is 4.05. The van der Waals surface area contributed by atoms with Gasteiger partial charge in [-0.2, -0.15) is 18.1 Å². The van der Waals surface area contributed by atoms with Gasteiger partial charge in [-0.3, -0.25) is 9.36 Å². The van der Waals surface area contributed by atoms with Gasteiger partial charge in [0, 0.05) is 25.8 Å². The molecule has 1 aromatic heterocycles. The number of hydrogen-bond acceptors (Lipinski definition) is 5. The number of aromatic nitrogens is 2. The molecule has 3 saturated carbocycles. The van der Waals surface area contributed by atoms with Gasteiger partial charge in [0.25, 0.3) is 5.56 Å². The Morgan fingerprint density at radius 1 is 0.759 bits per heavy atom. The van der Waals surface area contributed by atoms with Crippen LogP contribution < -0.4 is 33.2 Å². The van der Waals surface area contributed by atoms with Crippen LogP contribution >= 0.6 is 0 Å². The number of hydrogen-bond donors (Lipinski definition) is 1. The van der Waals surface area contributed by atoms with Gasteiger partial charge >= 0.3 is 23.1 Å². The predicted octanol–water partition coefficient (Wildman–Crippen LogP) is 7.79. The Balaban J connectivity index is 0.000000248. The van der Waals surface area contributed by atoms with Crippen LogP contribution in [-0.4, -0.2) is 46.7 Å². The smallest absolute Gasteiger partial charge is 1.00 e. The summed E-state index contributed by atoms with van der Waals surface area (Å²) in [5.74, 6) is 0.904. The molecule has 11 heteroatoms. The summed E-state index contributed by atoms with van der Waals surface area (Å²) in [7, 11) is 3.92. The fourth-order valence-corrected chi connectivity index (χ4v) is 7.99. The zero-order chi connectivity index (χ0) is 40.0. The maximum absolute atomic E-state index is 13.6. The van der Waals surface area contributed by atoms with Crippen molar-refractivity contribution < 1.29 is 30.2 Å². The van der Waals surface area contributed by atoms with E-state index < -0.39 is 0 Å². The van der Waals surface area contributed by atoms with E-state index in [1.807, 2.05) is 66.9 Å². The Hall–Kier alpha value is -3.69. The van der Waals surface area contributed by atoms with Crippen molar-refractivity contribution in [3.05, 3.63) is 148 Å². The molecular weight excluding hydrogens is 812 g/mol. The number of aryl methyl sites for hydroxylation is 1. The fourth-order valence-electron chi connectivity index (χ4n) is 7.99. The molecular formula is C47H55BrF3MgN5O. The molecule has 2 atom stereocenters. The maximum Gasteiger partial charge on any atom is 2.00 e. The molecule has 0 bridgehead atoms. The van der Waals surface area contributed by atoms with Crippen LogP contribution in [0.4, 0.5) is 18.9 Å². The zero-order valence-electron chi connectivity index (χ0n) is 34.0. The van der Waals surface area contributed by atoms with E-state index in [4.69, 9.17) is 16.0 Å². The third-order valence-electron chi connectivity index (χ3n) is 11.1. The van der Waals surface area contributed by atoms with Crippen LogP contribution in [-0.2, 0) is 0 Å². The summed E-state index contributed by atoms with van der Waals surface area (Å²) in [5, 5.41) is 8.88. The SMILES string of the molecule is Cc1nc2ccc(N(C)C)cc2c(=O)n1C(c1ccc(F)cc1)C1CCCC1.N#Cc1ccc(F)cc1.NC(c1ccc(F)cc1)C1CCCC1.[Br-].[CH-]1CCCC1.[Mg+2]. The van der Waals surface area contributed by atoms with Crippen molar-refractivity contribution in [1.29, 1.82) is 5.26 Å². The number of nitriles is 1. The quantitative estimate of drug-likeness (QED) is 0.139. The Kier molecular flexibility index (Phi) is 20.5. The van der Waals surface area contributed by atoms with E-state index in [1.165, 1.54) is 113 Å². The van der Waals surface area contributed by atoms with Crippen LogP contribution in [0.15, 0.2) is 95.8 Å². The van der Waals surface area contributed by atoms with Gasteiger partial charge in [0.05, 0.1) is 28.6 Å². The molecule has 3 aliphatic carbocycles. The van der Waals surface area contributed by atoms with Gasteiger partial charge in [-0.05, 0) is 122 Å². The summed E-state index contributed by atoms with van der Waals surface area (Å²) in [4.78, 5) is 20.3. The monoisotopic (exact) mass is 865 g/mol. The van der Waals surface area contributed by atoms with Crippen molar-refractivity contribution in [2.75, 3.05) is 19.0 Å². The van der Waals surface area contributed by atoms with Crippen molar-refractivity contribution >= 4 is 39.6 Å². The van der Waals surface area contributed by atoms with E-state index in [2.05, 4.69) is 6.42 Å². The van der Waals surface area contributed by atoms with Crippen molar-refractivity contribution in [2.45, 2.75) is 96.1 Å². The van der Waals surface area contributed by atoms with E-state index in [9.17, 15) is 18.0 Å². The third kappa shape index (κ3) is 13.7. The van der Waals surface area contributed by atoms with Crippen LogP contribution in [0.1, 0.15) is 112 Å². The first-order valence-electron chi connectivity index (χ1n) is 20.0. The molecule has 58 heavy (non-hydrogen) atoms. The minimum Gasteiger partial charge on any atom is -1.00 e. The molecule has 0 spiro atoms. The maximum atomic E-state index is 13.6. The van der Waals surface area contributed by atoms with E-state index in [0.717, 1.165) is 29.7 Å². The second kappa shape index (κ2) is 24.4. The van der Waals surface area contributed by atoms with Gasteiger partial charge in [0.2, 0.25) is 0 Å². The number of rotatable bonds is 6. The summed E-state index contributed by atoms with van der Waals surface area (Å²) in [5.41, 5.74) is 10.3. The Bertz CT molecular complexity index is 2070. The molecule has 4 aromatic carbocycles. The predicted molar refractivity (Wildman–Crippen MR) is 226 cm³/mol. The van der Waals surface area contributed by atoms with E-state index >= 15 is 0 Å². The first kappa shape index (κ1) is 48.7. The Morgan fingerprint density at radius 2 is 1.24 bits per heavy atom. The Labute approximate surface area is 369 Å². The molecule has 0 aliphatic heterocycles. The van der Waals surface area contributed by atoms with Crippen molar-refractivity contribution in [2.24, 2.45) is 17.6 Å². The topological polar surface area (TPSA) is 87.9 Å². The fraction of sp³-hybridized carbons (Fsp3) is 0.404. The van der Waals surface area contributed by atoms with Gasteiger partial charge in [-0.1, -0.05) is 62.8 Å². The molecule has 0 saturated heterocycles. The Morgan fingerprint density at radius 3 is 1.71 bits per heavy atom. The number of anilines is 1. The summed E-state index contributed by atoms with van der Waals surface area (Å²) in [6.45, 7) is 1.90. The first-order chi connectivity index (χ1) is 27.0. The molecule has 304 valence electrons. The van der Waals surface area contributed by atoms with Gasteiger partial charge in [0.1, 0.15) is 23.3 Å². The molecule has 2 N–H and O–H groups in total. The number of nitrogens with two attached hydrogens (primary N) is 1. The zero-order valence-corrected chi connectivity index (χ0v) is 37.0. The van der Waals surface area contributed by atoms with Crippen LogP contribution in [0, 0.1) is 54.0 Å². The van der Waals surface area contributed by atoms with Crippen molar-refractivity contribution in [3.8, 4) is 6.07 Å². The summed E-state index contributed by atoms with van der Waals surface area (Å²) in [6.07, 6.45) is 17.5. The largest absolute Gasteiger partial charge is 2.00 e. The minimum atomic E-state index is -0.311. The van der Waals surface area contributed by atoms with Gasteiger partial charge in [0.15, 0.2) is 0 Å². The molecule has 5 aromatic rings. The standard InChI is InChI=1S/C23H26FN3O.C12H16FN.C7H4FN.C5H9.BrH.Mg/c1-15-25-21-13-12-19(26(2)3)14-20(21)23(28)27(15)22(16-6-4-5-7-16)17-8-10-18(24)11-9-17;13-11-7-5-10(6-8-11)12(14)9-3-1-2-4-9;8-7-3-1-6(5-9)2-4-7;1-2-4-5-3-1;;/h8-14,16,22H,4-7H2,1-3H3;5-9,12H,1-4,14H2;1-4H;1H,2-5H2;1H;/q;;;-1;;+2/p-1. The van der Waals surface area contributed by atoms with Crippen LogP contribution in [0.5, 0.6) is 0 Å². The van der Waals surface area contributed by atoms with Crippen LogP contribution in [0.2, 0.25) is 0 Å². The summed E-state index contributed by atoms with van der Waals surface area (Å²) in [6, 6.07) is 26.2. The van der Waals surface area contributed by atoms with Crippen molar-refractivity contribution in [3.63, 3.8) is 0 Å². The normalized spacial score (nSPS) is 15.8. The average molecular weight is 867 g/mol. The summed E-state index contributed by atoms with van der Waals surface area (Å²) >= 11 is 0. The molecule has 0 radical (unpaired) electrons. The third-order valence-corrected chi connectivity index (χ3v) is 11.1. The molecule has 6 nitrogen and oxygen atoms in total. The van der Waals surface area contributed by atoms with Gasteiger partial charge in [-0.15, -0.1) is 0 Å². The molecule has 3 aliphatic rings. The summed E-state index contributed by atoms with van der Waals surface area (Å²) < 4.78 is 40.2. The van der Waals surface area contributed by atoms with E-state index in [-0.39, 0.29) is 75.1 Å². The molecule has 1 heterocycles. The second-order valence-corrected chi connectivity index (χ2v) is 15.3. The van der Waals surface area contributed by atoms with E-state index in [1.54, 1.807) is 12.1 Å². The molecule has 0 amide bonds. The minimum absolute atomic E-state index is 0. The molecule has 8 rings (SSSR count). The van der Waals surface area contributed by atoms with Crippen LogP contribution in [0.25, 0.3) is 10.9 Å².